The number of nitriles is 1. The molecule has 2 N–H and O–H groups in total. The van der Waals surface area contributed by atoms with Crippen LogP contribution in [0, 0.1) is 11.3 Å². The highest BCUT2D eigenvalue weighted by Gasteiger charge is 2.18. The zero-order chi connectivity index (χ0) is 13.0. The lowest BCUT2D eigenvalue weighted by Crippen LogP contribution is -2.10. The first-order valence-corrected chi connectivity index (χ1v) is 4.54. The van der Waals surface area contributed by atoms with Gasteiger partial charge < -0.3 is 10.5 Å². The van der Waals surface area contributed by atoms with Crippen LogP contribution in [0.3, 0.4) is 0 Å². The first-order valence-electron chi connectivity index (χ1n) is 4.54. The minimum absolute atomic E-state index is 0.117. The number of hydrogen-bond donors (Lipinski definition) is 1. The van der Waals surface area contributed by atoms with Crippen molar-refractivity contribution in [2.45, 2.75) is 12.8 Å². The van der Waals surface area contributed by atoms with Gasteiger partial charge in [0.2, 0.25) is 0 Å². The summed E-state index contributed by atoms with van der Waals surface area (Å²) in [4.78, 5) is 14.5. The number of hydrogen-bond acceptors (Lipinski definition) is 5. The van der Waals surface area contributed by atoms with Crippen molar-refractivity contribution in [2.24, 2.45) is 0 Å². The molecule has 0 amide bonds. The van der Waals surface area contributed by atoms with Gasteiger partial charge in [0.05, 0.1) is 19.1 Å². The Morgan fingerprint density at radius 1 is 1.71 bits per heavy atom. The van der Waals surface area contributed by atoms with Crippen LogP contribution in [0.15, 0.2) is 6.07 Å². The fraction of sp³-hybridized carbons (Fsp3) is 0.300. The molecule has 0 saturated carbocycles. The lowest BCUT2D eigenvalue weighted by molar-refractivity contribution is -0.139. The van der Waals surface area contributed by atoms with Crippen LogP contribution in [-0.2, 0) is 16.0 Å². The number of nitrogens with zero attached hydrogens (tertiary/aromatic N) is 2. The molecule has 5 nitrogen and oxygen atoms in total. The normalized spacial score (nSPS) is 10.1. The first kappa shape index (κ1) is 12.8. The van der Waals surface area contributed by atoms with E-state index in [1.807, 2.05) is 0 Å². The molecule has 1 rings (SSSR count). The zero-order valence-electron chi connectivity index (χ0n) is 8.91. The number of ether oxygens (including phenoxy) is 1. The van der Waals surface area contributed by atoms with E-state index < -0.39 is 23.7 Å². The second kappa shape index (κ2) is 5.21. The van der Waals surface area contributed by atoms with Gasteiger partial charge >= 0.3 is 5.97 Å². The quantitative estimate of drug-likeness (QED) is 0.803. The monoisotopic (exact) mass is 241 g/mol. The van der Waals surface area contributed by atoms with Crippen LogP contribution in [-0.4, -0.2) is 18.1 Å². The molecule has 0 aromatic carbocycles. The third-order valence-corrected chi connectivity index (χ3v) is 2.07. The molecular weight excluding hydrogens is 232 g/mol. The van der Waals surface area contributed by atoms with E-state index in [0.717, 1.165) is 6.07 Å². The number of carbonyl (C=O) groups is 1. The molecule has 1 aromatic rings. The highest BCUT2D eigenvalue weighted by Crippen LogP contribution is 2.25. The van der Waals surface area contributed by atoms with Gasteiger partial charge in [-0.1, -0.05) is 0 Å². The highest BCUT2D eigenvalue weighted by molar-refractivity contribution is 5.74. The number of methoxy groups -OCH3 is 1. The number of alkyl halides is 2. The standard InChI is InChI=1S/C10H9F2N3O2/c1-17-8(16)3-5-2-6(9(11)12)7(4-13)15-10(5)14/h2,9H,3H2,1H3,(H2,14,15). The van der Waals surface area contributed by atoms with Gasteiger partial charge in [-0.05, 0) is 6.07 Å². The van der Waals surface area contributed by atoms with E-state index in [1.165, 1.54) is 13.2 Å². The van der Waals surface area contributed by atoms with E-state index in [4.69, 9.17) is 11.0 Å². The summed E-state index contributed by atoms with van der Waals surface area (Å²) in [7, 11) is 1.17. The zero-order valence-corrected chi connectivity index (χ0v) is 8.91. The van der Waals surface area contributed by atoms with Crippen LogP contribution in [0.1, 0.15) is 23.2 Å². The number of carbonyl (C=O) groups excluding carboxylic acids is 1. The van der Waals surface area contributed by atoms with Crippen molar-refractivity contribution < 1.29 is 18.3 Å². The number of nitrogens with two attached hydrogens (primary N) is 1. The minimum atomic E-state index is -2.85. The van der Waals surface area contributed by atoms with E-state index in [1.54, 1.807) is 0 Å². The van der Waals surface area contributed by atoms with Crippen molar-refractivity contribution in [2.75, 3.05) is 12.8 Å². The summed E-state index contributed by atoms with van der Waals surface area (Å²) >= 11 is 0. The minimum Gasteiger partial charge on any atom is -0.469 e. The van der Waals surface area contributed by atoms with Crippen LogP contribution in [0.5, 0.6) is 0 Å². The summed E-state index contributed by atoms with van der Waals surface area (Å²) in [6.45, 7) is 0. The number of halogens is 2. The average Bonchev–Trinajstić information content (AvgIpc) is 2.30. The largest absolute Gasteiger partial charge is 0.469 e. The molecule has 0 fully saturated rings. The van der Waals surface area contributed by atoms with Crippen LogP contribution in [0.4, 0.5) is 14.6 Å². The maximum atomic E-state index is 12.6. The van der Waals surface area contributed by atoms with Crippen molar-refractivity contribution in [3.8, 4) is 6.07 Å². The molecule has 90 valence electrons. The summed E-state index contributed by atoms with van der Waals surface area (Å²) in [6.07, 6.45) is -3.12. The Morgan fingerprint density at radius 2 is 2.35 bits per heavy atom. The first-order chi connectivity index (χ1) is 7.99. The van der Waals surface area contributed by atoms with Crippen molar-refractivity contribution >= 4 is 11.8 Å². The Kier molecular flexibility index (Phi) is 3.93. The van der Waals surface area contributed by atoms with E-state index in [9.17, 15) is 13.6 Å². The number of esters is 1. The molecule has 7 heteroatoms. The number of pyridine rings is 1. The van der Waals surface area contributed by atoms with E-state index in [0.29, 0.717) is 0 Å². The maximum Gasteiger partial charge on any atom is 0.310 e. The summed E-state index contributed by atoms with van der Waals surface area (Å²) in [6, 6.07) is 2.53. The molecule has 0 radical (unpaired) electrons. The Hall–Kier alpha value is -2.23. The Morgan fingerprint density at radius 3 is 2.82 bits per heavy atom. The van der Waals surface area contributed by atoms with Gasteiger partial charge in [0, 0.05) is 5.56 Å². The summed E-state index contributed by atoms with van der Waals surface area (Å²) in [5, 5.41) is 8.62. The molecule has 0 atom stereocenters. The van der Waals surface area contributed by atoms with Gasteiger partial charge in [0.25, 0.3) is 6.43 Å². The lowest BCUT2D eigenvalue weighted by atomic mass is 10.1. The SMILES string of the molecule is COC(=O)Cc1cc(C(F)F)c(C#N)nc1N. The van der Waals surface area contributed by atoms with Crippen LogP contribution >= 0.6 is 0 Å². The van der Waals surface area contributed by atoms with Gasteiger partial charge in [-0.15, -0.1) is 0 Å². The van der Waals surface area contributed by atoms with Gasteiger partial charge in [-0.2, -0.15) is 5.26 Å². The third-order valence-electron chi connectivity index (χ3n) is 2.07. The molecule has 0 bridgehead atoms. The van der Waals surface area contributed by atoms with Gasteiger partial charge in [-0.25, -0.2) is 13.8 Å². The molecule has 1 heterocycles. The molecule has 17 heavy (non-hydrogen) atoms. The molecule has 0 saturated heterocycles. The average molecular weight is 241 g/mol. The number of aromatic nitrogens is 1. The number of nitrogen functional groups attached to an aromatic ring is 1. The highest BCUT2D eigenvalue weighted by atomic mass is 19.3. The van der Waals surface area contributed by atoms with Gasteiger partial charge in [0.1, 0.15) is 11.9 Å². The fourth-order valence-electron chi connectivity index (χ4n) is 1.21. The predicted octanol–water partition coefficient (Wildman–Crippen LogP) is 1.19. The van der Waals surface area contributed by atoms with Crippen LogP contribution in [0.2, 0.25) is 0 Å². The Bertz CT molecular complexity index is 483. The van der Waals surface area contributed by atoms with Crippen molar-refractivity contribution in [1.82, 2.24) is 4.98 Å². The van der Waals surface area contributed by atoms with Crippen LogP contribution in [0.25, 0.3) is 0 Å². The number of anilines is 1. The van der Waals surface area contributed by atoms with Crippen molar-refractivity contribution in [3.05, 3.63) is 22.9 Å². The molecule has 0 unspecified atom stereocenters. The second-order valence-electron chi connectivity index (χ2n) is 3.14. The second-order valence-corrected chi connectivity index (χ2v) is 3.14. The summed E-state index contributed by atoms with van der Waals surface area (Å²) in [5.74, 6) is -0.750. The molecule has 0 aliphatic rings. The molecule has 1 aromatic heterocycles. The molecule has 0 aliphatic carbocycles. The van der Waals surface area contributed by atoms with E-state index in [2.05, 4.69) is 9.72 Å². The number of rotatable bonds is 3. The van der Waals surface area contributed by atoms with Crippen molar-refractivity contribution in [1.29, 1.82) is 5.26 Å². The van der Waals surface area contributed by atoms with Gasteiger partial charge in [-0.3, -0.25) is 4.79 Å². The fourth-order valence-corrected chi connectivity index (χ4v) is 1.21. The summed E-state index contributed by atoms with van der Waals surface area (Å²) in [5.41, 5.74) is 4.59. The predicted molar refractivity (Wildman–Crippen MR) is 54.0 cm³/mol. The molecular formula is C10H9F2N3O2. The topological polar surface area (TPSA) is 89.0 Å². The molecule has 0 aliphatic heterocycles. The Labute approximate surface area is 95.8 Å². The smallest absolute Gasteiger partial charge is 0.310 e. The third kappa shape index (κ3) is 2.87. The van der Waals surface area contributed by atoms with Gasteiger partial charge in [0.15, 0.2) is 5.69 Å². The van der Waals surface area contributed by atoms with E-state index >= 15 is 0 Å². The van der Waals surface area contributed by atoms with Crippen LogP contribution < -0.4 is 5.73 Å². The summed E-state index contributed by atoms with van der Waals surface area (Å²) < 4.78 is 29.6. The lowest BCUT2D eigenvalue weighted by Gasteiger charge is -2.08. The maximum absolute atomic E-state index is 12.6. The van der Waals surface area contributed by atoms with E-state index in [-0.39, 0.29) is 17.8 Å². The Balaban J connectivity index is 3.21. The molecule has 0 spiro atoms. The van der Waals surface area contributed by atoms with Crippen molar-refractivity contribution in [3.63, 3.8) is 0 Å².